The van der Waals surface area contributed by atoms with Crippen molar-refractivity contribution in [1.82, 2.24) is 0 Å². The van der Waals surface area contributed by atoms with Crippen LogP contribution < -0.4 is 19.7 Å². The Labute approximate surface area is 164 Å². The van der Waals surface area contributed by atoms with Crippen LogP contribution in [0, 0.1) is 5.82 Å². The Morgan fingerprint density at radius 2 is 1.96 bits per heavy atom. The van der Waals surface area contributed by atoms with Crippen LogP contribution in [0.2, 0.25) is 0 Å². The Morgan fingerprint density at radius 3 is 2.75 bits per heavy atom. The van der Waals surface area contributed by atoms with Gasteiger partial charge in [-0.25, -0.2) is 4.39 Å². The second-order valence-electron chi connectivity index (χ2n) is 7.95. The van der Waals surface area contributed by atoms with E-state index in [2.05, 4.69) is 10.2 Å². The summed E-state index contributed by atoms with van der Waals surface area (Å²) in [7, 11) is 0. The minimum Gasteiger partial charge on any atom is -0.483 e. The molecule has 148 valence electrons. The van der Waals surface area contributed by atoms with Gasteiger partial charge >= 0.3 is 0 Å². The van der Waals surface area contributed by atoms with Crippen LogP contribution in [0.4, 0.5) is 15.8 Å². The number of ether oxygens (including phenoxy) is 2. The number of amides is 1. The third-order valence-corrected chi connectivity index (χ3v) is 5.12. The Morgan fingerprint density at radius 1 is 1.21 bits per heavy atom. The summed E-state index contributed by atoms with van der Waals surface area (Å²) in [5.41, 5.74) is 1.71. The first-order valence-electron chi connectivity index (χ1n) is 9.70. The second kappa shape index (κ2) is 7.34. The molecule has 2 heterocycles. The molecule has 2 aromatic rings. The zero-order valence-corrected chi connectivity index (χ0v) is 16.3. The van der Waals surface area contributed by atoms with E-state index >= 15 is 0 Å². The van der Waals surface area contributed by atoms with Crippen molar-refractivity contribution in [3.8, 4) is 11.5 Å². The molecule has 5 nitrogen and oxygen atoms in total. The molecule has 4 rings (SSSR count). The molecule has 2 aliphatic heterocycles. The molecule has 1 saturated heterocycles. The van der Waals surface area contributed by atoms with Crippen molar-refractivity contribution in [1.29, 1.82) is 0 Å². The van der Waals surface area contributed by atoms with Crippen LogP contribution in [0.25, 0.3) is 0 Å². The summed E-state index contributed by atoms with van der Waals surface area (Å²) in [5.74, 6) is 0.374. The van der Waals surface area contributed by atoms with Crippen molar-refractivity contribution in [2.75, 3.05) is 29.9 Å². The largest absolute Gasteiger partial charge is 0.483 e. The predicted octanol–water partition coefficient (Wildman–Crippen LogP) is 4.16. The number of nitrogens with zero attached hydrogens (tertiary/aromatic N) is 1. The number of para-hydroxylation sites is 2. The first-order chi connectivity index (χ1) is 13.4. The molecular formula is C22H25FN2O3. The number of benzene rings is 2. The van der Waals surface area contributed by atoms with Gasteiger partial charge in [0.1, 0.15) is 17.1 Å². The lowest BCUT2D eigenvalue weighted by Crippen LogP contribution is -2.25. The smallest absolute Gasteiger partial charge is 0.262 e. The predicted molar refractivity (Wildman–Crippen MR) is 107 cm³/mol. The average Bonchev–Trinajstić information content (AvgIpc) is 3.28. The van der Waals surface area contributed by atoms with Gasteiger partial charge in [-0.05, 0) is 44.9 Å². The van der Waals surface area contributed by atoms with Gasteiger partial charge in [0.2, 0.25) is 0 Å². The summed E-state index contributed by atoms with van der Waals surface area (Å²) < 4.78 is 26.1. The van der Waals surface area contributed by atoms with E-state index < -0.39 is 11.7 Å². The topological polar surface area (TPSA) is 50.8 Å². The zero-order chi connectivity index (χ0) is 19.7. The quantitative estimate of drug-likeness (QED) is 0.841. The molecule has 0 aromatic heterocycles. The van der Waals surface area contributed by atoms with Gasteiger partial charge in [-0.1, -0.05) is 18.2 Å². The lowest BCUT2D eigenvalue weighted by Gasteiger charge is -2.22. The number of carbonyl (C=O) groups excluding carboxylic acids is 1. The average molecular weight is 384 g/mol. The van der Waals surface area contributed by atoms with Gasteiger partial charge in [0, 0.05) is 25.1 Å². The molecule has 1 fully saturated rings. The fraction of sp³-hybridized carbons (Fsp3) is 0.409. The molecule has 0 radical (unpaired) electrons. The highest BCUT2D eigenvalue weighted by molar-refractivity contribution is 5.95. The van der Waals surface area contributed by atoms with Crippen LogP contribution >= 0.6 is 0 Å². The van der Waals surface area contributed by atoms with E-state index in [1.165, 1.54) is 6.07 Å². The third-order valence-electron chi connectivity index (χ3n) is 5.12. The molecule has 0 atom stereocenters. The van der Waals surface area contributed by atoms with E-state index in [0.29, 0.717) is 11.5 Å². The summed E-state index contributed by atoms with van der Waals surface area (Å²) >= 11 is 0. The third kappa shape index (κ3) is 3.77. The number of hydrogen-bond donors (Lipinski definition) is 1. The highest BCUT2D eigenvalue weighted by Gasteiger charge is 2.32. The molecular weight excluding hydrogens is 359 g/mol. The molecule has 0 bridgehead atoms. The summed E-state index contributed by atoms with van der Waals surface area (Å²) in [4.78, 5) is 14.6. The fourth-order valence-corrected chi connectivity index (χ4v) is 3.88. The van der Waals surface area contributed by atoms with Gasteiger partial charge in [0.25, 0.3) is 5.91 Å². The summed E-state index contributed by atoms with van der Waals surface area (Å²) in [5, 5.41) is 2.69. The Kier molecular flexibility index (Phi) is 4.87. The summed E-state index contributed by atoms with van der Waals surface area (Å²) in [6.45, 7) is 5.55. The maximum atomic E-state index is 14.4. The van der Waals surface area contributed by atoms with E-state index in [0.717, 1.165) is 43.6 Å². The van der Waals surface area contributed by atoms with E-state index in [-0.39, 0.29) is 17.9 Å². The van der Waals surface area contributed by atoms with Crippen LogP contribution in [0.5, 0.6) is 11.5 Å². The first kappa shape index (κ1) is 18.6. The van der Waals surface area contributed by atoms with Gasteiger partial charge in [0.05, 0.1) is 5.69 Å². The van der Waals surface area contributed by atoms with Crippen LogP contribution in [-0.4, -0.2) is 31.2 Å². The van der Waals surface area contributed by atoms with Crippen molar-refractivity contribution in [2.24, 2.45) is 0 Å². The Bertz CT molecular complexity index is 891. The summed E-state index contributed by atoms with van der Waals surface area (Å²) in [6.07, 6.45) is 2.94. The van der Waals surface area contributed by atoms with Gasteiger partial charge in [-0.2, -0.15) is 0 Å². The molecule has 1 N–H and O–H groups in total. The SMILES string of the molecule is CC1(C)Cc2cccc(OCC(=O)Nc3c(F)cccc3N3CCCC3)c2O1. The normalized spacial score (nSPS) is 17.2. The van der Waals surface area contributed by atoms with E-state index in [1.54, 1.807) is 12.1 Å². The van der Waals surface area contributed by atoms with Crippen molar-refractivity contribution in [2.45, 2.75) is 38.7 Å². The lowest BCUT2D eigenvalue weighted by molar-refractivity contribution is -0.118. The Balaban J connectivity index is 1.45. The molecule has 2 aromatic carbocycles. The van der Waals surface area contributed by atoms with Gasteiger partial charge in [-0.3, -0.25) is 4.79 Å². The maximum absolute atomic E-state index is 14.4. The molecule has 6 heteroatoms. The van der Waals surface area contributed by atoms with E-state index in [1.807, 2.05) is 32.0 Å². The fourth-order valence-electron chi connectivity index (χ4n) is 3.88. The number of nitrogens with one attached hydrogen (secondary N) is 1. The zero-order valence-electron chi connectivity index (χ0n) is 16.3. The monoisotopic (exact) mass is 384 g/mol. The lowest BCUT2D eigenvalue weighted by atomic mass is 10.0. The number of anilines is 2. The maximum Gasteiger partial charge on any atom is 0.262 e. The van der Waals surface area contributed by atoms with Crippen LogP contribution in [-0.2, 0) is 11.2 Å². The Hall–Kier alpha value is -2.76. The molecule has 28 heavy (non-hydrogen) atoms. The molecule has 0 spiro atoms. The standard InChI is InChI=1S/C22H25FN2O3/c1-22(2)13-15-7-5-10-18(21(15)28-22)27-14-19(26)24-20-16(23)8-6-9-17(20)25-11-3-4-12-25/h5-10H,3-4,11-14H2,1-2H3,(H,24,26). The van der Waals surface area contributed by atoms with Crippen molar-refractivity contribution in [3.05, 3.63) is 47.8 Å². The van der Waals surface area contributed by atoms with Crippen molar-refractivity contribution >= 4 is 17.3 Å². The molecule has 0 aliphatic carbocycles. The van der Waals surface area contributed by atoms with Gasteiger partial charge in [-0.15, -0.1) is 0 Å². The highest BCUT2D eigenvalue weighted by atomic mass is 19.1. The van der Waals surface area contributed by atoms with Crippen LogP contribution in [0.3, 0.4) is 0 Å². The minimum absolute atomic E-state index is 0.214. The van der Waals surface area contributed by atoms with Crippen molar-refractivity contribution < 1.29 is 18.7 Å². The van der Waals surface area contributed by atoms with Crippen molar-refractivity contribution in [3.63, 3.8) is 0 Å². The highest BCUT2D eigenvalue weighted by Crippen LogP contribution is 2.41. The first-order valence-corrected chi connectivity index (χ1v) is 9.70. The number of fused-ring (bicyclic) bond motifs is 1. The number of rotatable bonds is 5. The van der Waals surface area contributed by atoms with E-state index in [4.69, 9.17) is 9.47 Å². The van der Waals surface area contributed by atoms with Crippen LogP contribution in [0.15, 0.2) is 36.4 Å². The van der Waals surface area contributed by atoms with Gasteiger partial charge in [0.15, 0.2) is 18.1 Å². The molecule has 0 saturated carbocycles. The summed E-state index contributed by atoms with van der Waals surface area (Å²) in [6, 6.07) is 10.5. The number of hydrogen-bond acceptors (Lipinski definition) is 4. The number of carbonyl (C=O) groups is 1. The van der Waals surface area contributed by atoms with Gasteiger partial charge < -0.3 is 19.7 Å². The van der Waals surface area contributed by atoms with E-state index in [9.17, 15) is 9.18 Å². The molecule has 1 amide bonds. The molecule has 2 aliphatic rings. The minimum atomic E-state index is -0.441. The number of halogens is 1. The second-order valence-corrected chi connectivity index (χ2v) is 7.95. The van der Waals surface area contributed by atoms with Crippen LogP contribution in [0.1, 0.15) is 32.3 Å². The molecule has 0 unspecified atom stereocenters.